The highest BCUT2D eigenvalue weighted by molar-refractivity contribution is 6.13. The van der Waals surface area contributed by atoms with Gasteiger partial charge in [0.1, 0.15) is 12.2 Å². The molecule has 0 unspecified atom stereocenters. The van der Waals surface area contributed by atoms with Crippen LogP contribution in [0.25, 0.3) is 16.6 Å². The zero-order valence-electron chi connectivity index (χ0n) is 19.7. The number of carbonyl (C=O) groups is 1. The van der Waals surface area contributed by atoms with Crippen LogP contribution in [0.1, 0.15) is 35.3 Å². The normalized spacial score (nSPS) is 19.1. The Balaban J connectivity index is 1.27. The fraction of sp³-hybridized carbons (Fsp3) is 0.400. The van der Waals surface area contributed by atoms with Crippen molar-refractivity contribution in [2.75, 3.05) is 30.0 Å². The predicted octanol–water partition coefficient (Wildman–Crippen LogP) is 3.59. The van der Waals surface area contributed by atoms with Gasteiger partial charge < -0.3 is 19.9 Å². The molecule has 4 heterocycles. The summed E-state index contributed by atoms with van der Waals surface area (Å²) < 4.78 is 31.1. The molecule has 1 saturated carbocycles. The number of hydrogen-bond acceptors (Lipinski definition) is 5. The number of alkyl halides is 1. The first-order valence-corrected chi connectivity index (χ1v) is 11.9. The van der Waals surface area contributed by atoms with Gasteiger partial charge in [-0.1, -0.05) is 0 Å². The van der Waals surface area contributed by atoms with Crippen LogP contribution in [-0.4, -0.2) is 56.4 Å². The SMILES string of the molecule is Cc1cn2cc(NC(=O)c3ccc(N4CC[C@H](NC5(CF)CC5)C4)c4cn(C)nc34)cc(F)c2n1. The molecule has 1 aliphatic heterocycles. The largest absolute Gasteiger partial charge is 0.369 e. The van der Waals surface area contributed by atoms with Crippen molar-refractivity contribution in [1.29, 1.82) is 0 Å². The van der Waals surface area contributed by atoms with Crippen molar-refractivity contribution >= 4 is 33.8 Å². The molecule has 4 aromatic rings. The number of rotatable bonds is 6. The van der Waals surface area contributed by atoms with E-state index in [9.17, 15) is 13.6 Å². The van der Waals surface area contributed by atoms with E-state index >= 15 is 0 Å². The molecule has 1 saturated heterocycles. The molecule has 10 heteroatoms. The molecule has 6 rings (SSSR count). The van der Waals surface area contributed by atoms with E-state index in [2.05, 4.69) is 25.6 Å². The highest BCUT2D eigenvalue weighted by atomic mass is 19.1. The minimum absolute atomic E-state index is 0.217. The third-order valence-corrected chi connectivity index (χ3v) is 7.05. The number of imidazole rings is 1. The van der Waals surface area contributed by atoms with E-state index in [1.165, 1.54) is 6.07 Å². The lowest BCUT2D eigenvalue weighted by Crippen LogP contribution is -2.43. The van der Waals surface area contributed by atoms with Gasteiger partial charge in [-0.05, 0) is 38.3 Å². The number of carbonyl (C=O) groups excluding carboxylic acids is 1. The molecule has 35 heavy (non-hydrogen) atoms. The first-order chi connectivity index (χ1) is 16.8. The average Bonchev–Trinajstić information content (AvgIpc) is 3.10. The minimum atomic E-state index is -0.507. The second-order valence-electron chi connectivity index (χ2n) is 9.83. The molecule has 1 amide bonds. The van der Waals surface area contributed by atoms with Crippen molar-refractivity contribution in [3.05, 3.63) is 53.9 Å². The molecule has 0 spiro atoms. The molecule has 8 nitrogen and oxygen atoms in total. The zero-order chi connectivity index (χ0) is 24.3. The molecule has 1 atom stereocenters. The average molecular weight is 480 g/mol. The Bertz CT molecular complexity index is 1460. The molecule has 2 aliphatic rings. The topological polar surface area (TPSA) is 79.5 Å². The summed E-state index contributed by atoms with van der Waals surface area (Å²) >= 11 is 0. The fourth-order valence-electron chi connectivity index (χ4n) is 5.11. The van der Waals surface area contributed by atoms with Crippen molar-refractivity contribution in [2.45, 2.75) is 37.8 Å². The highest BCUT2D eigenvalue weighted by Gasteiger charge is 2.45. The van der Waals surface area contributed by atoms with Crippen LogP contribution in [0.2, 0.25) is 0 Å². The summed E-state index contributed by atoms with van der Waals surface area (Å²) in [5, 5.41) is 11.7. The Morgan fingerprint density at radius 1 is 1.26 bits per heavy atom. The number of halogens is 2. The van der Waals surface area contributed by atoms with Gasteiger partial charge in [-0.25, -0.2) is 13.8 Å². The van der Waals surface area contributed by atoms with E-state index in [1.54, 1.807) is 34.5 Å². The van der Waals surface area contributed by atoms with Crippen LogP contribution < -0.4 is 15.5 Å². The first kappa shape index (κ1) is 22.0. The second-order valence-corrected chi connectivity index (χ2v) is 9.83. The third kappa shape index (κ3) is 3.91. The molecule has 2 N–H and O–H groups in total. The Morgan fingerprint density at radius 2 is 2.09 bits per heavy atom. The predicted molar refractivity (Wildman–Crippen MR) is 130 cm³/mol. The van der Waals surface area contributed by atoms with Crippen LogP contribution >= 0.6 is 0 Å². The monoisotopic (exact) mass is 479 g/mol. The van der Waals surface area contributed by atoms with Gasteiger partial charge in [0.15, 0.2) is 11.5 Å². The van der Waals surface area contributed by atoms with Gasteiger partial charge in [0.2, 0.25) is 0 Å². The Hall–Kier alpha value is -3.53. The number of pyridine rings is 1. The van der Waals surface area contributed by atoms with E-state index in [-0.39, 0.29) is 29.8 Å². The summed E-state index contributed by atoms with van der Waals surface area (Å²) in [6.45, 7) is 3.09. The van der Waals surface area contributed by atoms with Gasteiger partial charge in [-0.3, -0.25) is 9.48 Å². The van der Waals surface area contributed by atoms with Crippen molar-refractivity contribution in [3.8, 4) is 0 Å². The molecule has 0 bridgehead atoms. The lowest BCUT2D eigenvalue weighted by Gasteiger charge is -2.22. The molecule has 1 aliphatic carbocycles. The summed E-state index contributed by atoms with van der Waals surface area (Å²) in [5.41, 5.74) is 2.92. The minimum Gasteiger partial charge on any atom is -0.369 e. The van der Waals surface area contributed by atoms with Gasteiger partial charge in [-0.15, -0.1) is 0 Å². The summed E-state index contributed by atoms with van der Waals surface area (Å²) in [7, 11) is 1.82. The number of nitrogens with zero attached hydrogens (tertiary/aromatic N) is 5. The maximum absolute atomic E-state index is 14.5. The van der Waals surface area contributed by atoms with E-state index in [1.807, 2.05) is 19.3 Å². The van der Waals surface area contributed by atoms with E-state index in [0.29, 0.717) is 22.5 Å². The van der Waals surface area contributed by atoms with Crippen LogP contribution in [-0.2, 0) is 7.05 Å². The number of aryl methyl sites for hydroxylation is 2. The lowest BCUT2D eigenvalue weighted by molar-refractivity contribution is 0.102. The Morgan fingerprint density at radius 3 is 2.86 bits per heavy atom. The summed E-state index contributed by atoms with van der Waals surface area (Å²) in [5.74, 6) is -0.873. The first-order valence-electron chi connectivity index (χ1n) is 11.9. The summed E-state index contributed by atoms with van der Waals surface area (Å²) in [6, 6.07) is 5.21. The Kier molecular flexibility index (Phi) is 5.03. The van der Waals surface area contributed by atoms with Crippen molar-refractivity contribution in [1.82, 2.24) is 24.5 Å². The highest BCUT2D eigenvalue weighted by Crippen LogP contribution is 2.38. The number of nitrogens with one attached hydrogen (secondary N) is 2. The number of hydrogen-bond donors (Lipinski definition) is 2. The summed E-state index contributed by atoms with van der Waals surface area (Å²) in [6.07, 6.45) is 7.99. The molecular formula is C25H27F2N7O. The van der Waals surface area contributed by atoms with E-state index in [4.69, 9.17) is 0 Å². The van der Waals surface area contributed by atoms with Gasteiger partial charge >= 0.3 is 0 Å². The fourth-order valence-corrected chi connectivity index (χ4v) is 5.11. The van der Waals surface area contributed by atoms with Gasteiger partial charge in [0, 0.05) is 67.4 Å². The van der Waals surface area contributed by atoms with Crippen molar-refractivity contribution in [2.24, 2.45) is 7.05 Å². The molecule has 2 fully saturated rings. The van der Waals surface area contributed by atoms with E-state index in [0.717, 1.165) is 43.4 Å². The van der Waals surface area contributed by atoms with Crippen molar-refractivity contribution < 1.29 is 13.6 Å². The zero-order valence-corrected chi connectivity index (χ0v) is 19.7. The number of benzene rings is 1. The Labute approximate surface area is 200 Å². The molecule has 182 valence electrons. The number of amides is 1. The van der Waals surface area contributed by atoms with Crippen LogP contribution in [0.4, 0.5) is 20.2 Å². The maximum Gasteiger partial charge on any atom is 0.257 e. The maximum atomic E-state index is 14.5. The molecule has 3 aromatic heterocycles. The van der Waals surface area contributed by atoms with E-state index < -0.39 is 5.82 Å². The van der Waals surface area contributed by atoms with Crippen LogP contribution in [0.15, 0.2) is 36.8 Å². The molecular weight excluding hydrogens is 452 g/mol. The third-order valence-electron chi connectivity index (χ3n) is 7.05. The van der Waals surface area contributed by atoms with Gasteiger partial charge in [-0.2, -0.15) is 5.10 Å². The molecule has 1 aromatic carbocycles. The van der Waals surface area contributed by atoms with Crippen LogP contribution in [0.5, 0.6) is 0 Å². The van der Waals surface area contributed by atoms with Crippen molar-refractivity contribution in [3.63, 3.8) is 0 Å². The number of fused-ring (bicyclic) bond motifs is 2. The number of anilines is 2. The lowest BCUT2D eigenvalue weighted by atomic mass is 10.1. The van der Waals surface area contributed by atoms with Crippen LogP contribution in [0, 0.1) is 12.7 Å². The molecule has 0 radical (unpaired) electrons. The van der Waals surface area contributed by atoms with Crippen LogP contribution in [0.3, 0.4) is 0 Å². The van der Waals surface area contributed by atoms with Gasteiger partial charge in [0.05, 0.1) is 16.9 Å². The second kappa shape index (κ2) is 8.01. The number of aromatic nitrogens is 4. The quantitative estimate of drug-likeness (QED) is 0.442. The summed E-state index contributed by atoms with van der Waals surface area (Å²) in [4.78, 5) is 19.6. The van der Waals surface area contributed by atoms with Gasteiger partial charge in [0.25, 0.3) is 5.91 Å². The standard InChI is InChI=1S/C25H27F2N7O/c1-15-10-34-12-17(9-20(27)23(34)28-15)29-24(35)18-3-4-21(19-13-32(2)31-22(18)19)33-8-5-16(11-33)30-25(14-26)6-7-25/h3-4,9-10,12-13,16,30H,5-8,11,14H2,1-2H3,(H,29,35)/t16-/m0/s1. The smallest absolute Gasteiger partial charge is 0.257 e.